The molecule has 0 spiro atoms. The zero-order valence-corrected chi connectivity index (χ0v) is 12.8. The van der Waals surface area contributed by atoms with Crippen LogP contribution in [0.15, 0.2) is 29.2 Å². The van der Waals surface area contributed by atoms with Gasteiger partial charge in [-0.05, 0) is 30.2 Å². The molecule has 21 heavy (non-hydrogen) atoms. The van der Waals surface area contributed by atoms with E-state index in [1.165, 1.54) is 31.4 Å². The highest BCUT2D eigenvalue weighted by molar-refractivity contribution is 7.89. The molecule has 0 amide bonds. The zero-order chi connectivity index (χ0) is 16.3. The lowest BCUT2D eigenvalue weighted by molar-refractivity contribution is -0.136. The lowest BCUT2D eigenvalue weighted by atomic mass is 10.2. The molecule has 0 heterocycles. The Labute approximate surface area is 122 Å². The summed E-state index contributed by atoms with van der Waals surface area (Å²) in [6.07, 6.45) is -4.59. The number of alkyl halides is 3. The average molecular weight is 325 g/mol. The summed E-state index contributed by atoms with van der Waals surface area (Å²) in [6.45, 7) is 1.62. The van der Waals surface area contributed by atoms with Crippen LogP contribution in [0.4, 0.5) is 13.2 Å². The van der Waals surface area contributed by atoms with Crippen LogP contribution in [0.1, 0.15) is 13.8 Å². The third-order valence-corrected chi connectivity index (χ3v) is 4.45. The molecule has 0 fully saturated rings. The first kappa shape index (κ1) is 17.8. The number of benzene rings is 1. The number of hydrogen-bond acceptors (Lipinski definition) is 3. The normalized spacial score (nSPS) is 13.0. The van der Waals surface area contributed by atoms with Gasteiger partial charge < -0.3 is 4.74 Å². The van der Waals surface area contributed by atoms with Crippen LogP contribution in [0.2, 0.25) is 0 Å². The monoisotopic (exact) mass is 325 g/mol. The predicted octanol–water partition coefficient (Wildman–Crippen LogP) is 2.90. The maximum atomic E-state index is 12.6. The van der Waals surface area contributed by atoms with Crippen LogP contribution >= 0.6 is 0 Å². The molecule has 0 saturated heterocycles. The minimum Gasteiger partial charge on any atom is -0.497 e. The molecule has 0 radical (unpaired) electrons. The number of ether oxygens (including phenoxy) is 1. The van der Waals surface area contributed by atoms with Gasteiger partial charge in [-0.15, -0.1) is 0 Å². The van der Waals surface area contributed by atoms with E-state index >= 15 is 0 Å². The molecule has 1 rings (SSSR count). The van der Waals surface area contributed by atoms with E-state index in [0.29, 0.717) is 10.1 Å². The van der Waals surface area contributed by atoms with E-state index in [4.69, 9.17) is 4.74 Å². The molecule has 120 valence electrons. The quantitative estimate of drug-likeness (QED) is 0.808. The van der Waals surface area contributed by atoms with Crippen molar-refractivity contribution in [3.63, 3.8) is 0 Å². The molecule has 0 aliphatic carbocycles. The molecule has 0 unspecified atom stereocenters. The molecule has 0 N–H and O–H groups in total. The number of nitrogens with zero attached hydrogens (tertiary/aromatic N) is 1. The maximum absolute atomic E-state index is 12.6. The Hall–Kier alpha value is -1.28. The molecule has 0 aromatic heterocycles. The van der Waals surface area contributed by atoms with Gasteiger partial charge in [0.1, 0.15) is 12.3 Å². The molecule has 0 aliphatic heterocycles. The van der Waals surface area contributed by atoms with Gasteiger partial charge in [0.25, 0.3) is 0 Å². The molecule has 0 atom stereocenters. The van der Waals surface area contributed by atoms with E-state index < -0.39 is 22.7 Å². The topological polar surface area (TPSA) is 46.6 Å². The van der Waals surface area contributed by atoms with E-state index in [1.54, 1.807) is 13.8 Å². The van der Waals surface area contributed by atoms with Crippen molar-refractivity contribution in [2.75, 3.05) is 20.2 Å². The Morgan fingerprint density at radius 3 is 2.10 bits per heavy atom. The zero-order valence-electron chi connectivity index (χ0n) is 12.0. The van der Waals surface area contributed by atoms with Gasteiger partial charge >= 0.3 is 6.18 Å². The minimum absolute atomic E-state index is 0.187. The van der Waals surface area contributed by atoms with Crippen LogP contribution in [0.25, 0.3) is 0 Å². The predicted molar refractivity (Wildman–Crippen MR) is 72.6 cm³/mol. The van der Waals surface area contributed by atoms with Crippen molar-refractivity contribution in [2.45, 2.75) is 24.9 Å². The third-order valence-electron chi connectivity index (χ3n) is 2.62. The van der Waals surface area contributed by atoms with Gasteiger partial charge in [0.15, 0.2) is 0 Å². The molecular weight excluding hydrogens is 307 g/mol. The third kappa shape index (κ3) is 5.20. The Bertz CT molecular complexity index is 553. The molecule has 0 aliphatic rings. The largest absolute Gasteiger partial charge is 0.497 e. The number of rotatable bonds is 6. The fourth-order valence-corrected chi connectivity index (χ4v) is 3.34. The van der Waals surface area contributed by atoms with Crippen molar-refractivity contribution >= 4 is 10.0 Å². The van der Waals surface area contributed by atoms with Gasteiger partial charge in [-0.2, -0.15) is 17.5 Å². The van der Waals surface area contributed by atoms with Crippen LogP contribution < -0.4 is 4.74 Å². The lowest BCUT2D eigenvalue weighted by Gasteiger charge is -2.25. The number of sulfonamides is 1. The van der Waals surface area contributed by atoms with Crippen molar-refractivity contribution < 1.29 is 26.3 Å². The highest BCUT2D eigenvalue weighted by atomic mass is 32.2. The van der Waals surface area contributed by atoms with Gasteiger partial charge in [-0.1, -0.05) is 13.8 Å². The van der Waals surface area contributed by atoms with E-state index in [1.807, 2.05) is 0 Å². The van der Waals surface area contributed by atoms with Crippen LogP contribution in [0, 0.1) is 5.92 Å². The molecule has 8 heteroatoms. The van der Waals surface area contributed by atoms with Gasteiger partial charge in [-0.3, -0.25) is 0 Å². The SMILES string of the molecule is COc1ccc(S(=O)(=O)N(CC(C)C)CC(F)(F)F)cc1. The highest BCUT2D eigenvalue weighted by Crippen LogP contribution is 2.24. The molecule has 1 aromatic rings. The van der Waals surface area contributed by atoms with Crippen LogP contribution in [0.5, 0.6) is 5.75 Å². The van der Waals surface area contributed by atoms with Crippen molar-refractivity contribution in [3.05, 3.63) is 24.3 Å². The Morgan fingerprint density at radius 1 is 1.19 bits per heavy atom. The van der Waals surface area contributed by atoms with Crippen LogP contribution in [0.3, 0.4) is 0 Å². The van der Waals surface area contributed by atoms with Crippen molar-refractivity contribution in [3.8, 4) is 5.75 Å². The average Bonchev–Trinajstić information content (AvgIpc) is 2.36. The summed E-state index contributed by atoms with van der Waals surface area (Å²) in [6, 6.07) is 5.26. The summed E-state index contributed by atoms with van der Waals surface area (Å²) in [5.41, 5.74) is 0. The number of halogens is 3. The van der Waals surface area contributed by atoms with Gasteiger partial charge in [0, 0.05) is 6.54 Å². The molecule has 0 bridgehead atoms. The van der Waals surface area contributed by atoms with E-state index in [2.05, 4.69) is 0 Å². The fraction of sp³-hybridized carbons (Fsp3) is 0.538. The maximum Gasteiger partial charge on any atom is 0.402 e. The first-order chi connectivity index (χ1) is 9.56. The van der Waals surface area contributed by atoms with E-state index in [9.17, 15) is 21.6 Å². The molecule has 0 saturated carbocycles. The summed E-state index contributed by atoms with van der Waals surface area (Å²) >= 11 is 0. The highest BCUT2D eigenvalue weighted by Gasteiger charge is 2.37. The Morgan fingerprint density at radius 2 is 1.71 bits per heavy atom. The van der Waals surface area contributed by atoms with Gasteiger partial charge in [0.05, 0.1) is 12.0 Å². The summed E-state index contributed by atoms with van der Waals surface area (Å²) in [5.74, 6) is 0.209. The fourth-order valence-electron chi connectivity index (χ4n) is 1.75. The lowest BCUT2D eigenvalue weighted by Crippen LogP contribution is -2.41. The smallest absolute Gasteiger partial charge is 0.402 e. The second-order valence-corrected chi connectivity index (χ2v) is 6.92. The summed E-state index contributed by atoms with van der Waals surface area (Å²) in [5, 5.41) is 0. The van der Waals surface area contributed by atoms with Gasteiger partial charge in [-0.25, -0.2) is 8.42 Å². The van der Waals surface area contributed by atoms with E-state index in [-0.39, 0.29) is 17.4 Å². The summed E-state index contributed by atoms with van der Waals surface area (Å²) in [7, 11) is -2.78. The van der Waals surface area contributed by atoms with Crippen molar-refractivity contribution in [1.82, 2.24) is 4.31 Å². The second-order valence-electron chi connectivity index (χ2n) is 4.98. The minimum atomic E-state index is -4.59. The van der Waals surface area contributed by atoms with Crippen molar-refractivity contribution in [1.29, 1.82) is 0 Å². The van der Waals surface area contributed by atoms with Crippen molar-refractivity contribution in [2.24, 2.45) is 5.92 Å². The number of hydrogen-bond donors (Lipinski definition) is 0. The first-order valence-electron chi connectivity index (χ1n) is 6.27. The first-order valence-corrected chi connectivity index (χ1v) is 7.71. The standard InChI is InChI=1S/C13H18F3NO3S/c1-10(2)8-17(9-13(14,15)16)21(18,19)12-6-4-11(20-3)5-7-12/h4-7,10H,8-9H2,1-3H3. The molecule has 1 aromatic carbocycles. The summed E-state index contributed by atoms with van der Waals surface area (Å²) in [4.78, 5) is -0.187. The number of methoxy groups -OCH3 is 1. The molecule has 4 nitrogen and oxygen atoms in total. The van der Waals surface area contributed by atoms with E-state index in [0.717, 1.165) is 0 Å². The molecular formula is C13H18F3NO3S. The second kappa shape index (κ2) is 6.65. The van der Waals surface area contributed by atoms with Gasteiger partial charge in [0.2, 0.25) is 10.0 Å². The van der Waals surface area contributed by atoms with Crippen LogP contribution in [-0.2, 0) is 10.0 Å². The Balaban J connectivity index is 3.12. The van der Waals surface area contributed by atoms with Crippen LogP contribution in [-0.4, -0.2) is 39.1 Å². The summed E-state index contributed by atoms with van der Waals surface area (Å²) < 4.78 is 67.8. The Kier molecular flexibility index (Phi) is 5.63.